The second kappa shape index (κ2) is 6.23. The molecule has 0 aromatic carbocycles. The number of aliphatic hydroxyl groups is 1. The lowest BCUT2D eigenvalue weighted by molar-refractivity contribution is -0.133. The number of primary amides is 1. The van der Waals surface area contributed by atoms with Crippen molar-refractivity contribution in [1.82, 2.24) is 0 Å². The molecule has 7 heteroatoms. The number of carbonyl (C=O) groups is 3. The van der Waals surface area contributed by atoms with Crippen LogP contribution in [0.15, 0.2) is 0 Å². The molecule has 0 aromatic heterocycles. The van der Waals surface area contributed by atoms with Gasteiger partial charge in [0.15, 0.2) is 5.78 Å². The molecule has 86 valence electrons. The predicted octanol–water partition coefficient (Wildman–Crippen LogP) is -3.11. The Balaban J connectivity index is 4.59. The lowest BCUT2D eigenvalue weighted by Crippen LogP contribution is -2.45. The molecule has 0 spiro atoms. The van der Waals surface area contributed by atoms with Gasteiger partial charge in [-0.25, -0.2) is 0 Å². The zero-order chi connectivity index (χ0) is 12.0. The van der Waals surface area contributed by atoms with Gasteiger partial charge in [0, 0.05) is 0 Å². The smallest absolute Gasteiger partial charge is 0.228 e. The molecule has 0 saturated heterocycles. The molecule has 7 nitrogen and oxygen atoms in total. The summed E-state index contributed by atoms with van der Waals surface area (Å²) in [7, 11) is 0. The van der Waals surface area contributed by atoms with Crippen LogP contribution in [-0.4, -0.2) is 41.8 Å². The Labute approximate surface area is 86.6 Å². The summed E-state index contributed by atoms with van der Waals surface area (Å²) in [5.41, 5.74) is 15.5. The topological polar surface area (TPSA) is 150 Å². The Morgan fingerprint density at radius 1 is 1.33 bits per heavy atom. The lowest BCUT2D eigenvalue weighted by Gasteiger charge is -2.16. The molecule has 0 aliphatic heterocycles. The molecular weight excluding hydrogens is 202 g/mol. The summed E-state index contributed by atoms with van der Waals surface area (Å²) >= 11 is 0. The number of ketones is 1. The first-order valence-electron chi connectivity index (χ1n) is 4.34. The van der Waals surface area contributed by atoms with Crippen LogP contribution in [0.4, 0.5) is 0 Å². The minimum atomic E-state index is -1.23. The standard InChI is InChI=1S/C8H15N3O4/c9-4(2-12)1-5(8(11)15)7(14)6(10)3-13/h2,4-6,13H,1,3,9-10H2,(H2,11,15)/t4-,5?,6-/m0/s1. The van der Waals surface area contributed by atoms with E-state index in [9.17, 15) is 14.4 Å². The van der Waals surface area contributed by atoms with Crippen LogP contribution in [0.3, 0.4) is 0 Å². The van der Waals surface area contributed by atoms with Gasteiger partial charge in [-0.05, 0) is 6.42 Å². The molecular formula is C8H15N3O4. The molecule has 0 aliphatic carbocycles. The molecule has 7 N–H and O–H groups in total. The Hall–Kier alpha value is -1.31. The third-order valence-corrected chi connectivity index (χ3v) is 1.93. The molecule has 15 heavy (non-hydrogen) atoms. The zero-order valence-electron chi connectivity index (χ0n) is 8.13. The minimum absolute atomic E-state index is 0.189. The van der Waals surface area contributed by atoms with Gasteiger partial charge < -0.3 is 27.1 Å². The van der Waals surface area contributed by atoms with E-state index in [0.717, 1.165) is 0 Å². The molecule has 0 heterocycles. The monoisotopic (exact) mass is 217 g/mol. The number of amides is 1. The van der Waals surface area contributed by atoms with Gasteiger partial charge in [0.1, 0.15) is 6.29 Å². The van der Waals surface area contributed by atoms with Crippen molar-refractivity contribution >= 4 is 18.0 Å². The van der Waals surface area contributed by atoms with E-state index in [1.807, 2.05) is 0 Å². The second-order valence-electron chi connectivity index (χ2n) is 3.18. The van der Waals surface area contributed by atoms with Gasteiger partial charge in [-0.3, -0.25) is 9.59 Å². The molecule has 0 aliphatic rings. The Morgan fingerprint density at radius 2 is 1.87 bits per heavy atom. The number of aliphatic hydroxyl groups excluding tert-OH is 1. The Kier molecular flexibility index (Phi) is 5.68. The summed E-state index contributed by atoms with van der Waals surface area (Å²) in [4.78, 5) is 32.6. The van der Waals surface area contributed by atoms with Crippen LogP contribution in [0.5, 0.6) is 0 Å². The summed E-state index contributed by atoms with van der Waals surface area (Å²) in [5, 5.41) is 8.63. The van der Waals surface area contributed by atoms with Crippen molar-refractivity contribution in [3.63, 3.8) is 0 Å². The van der Waals surface area contributed by atoms with Gasteiger partial charge in [-0.1, -0.05) is 0 Å². The fourth-order valence-electron chi connectivity index (χ4n) is 1.05. The van der Waals surface area contributed by atoms with E-state index in [2.05, 4.69) is 0 Å². The molecule has 1 unspecified atom stereocenters. The quantitative estimate of drug-likeness (QED) is 0.262. The second-order valence-corrected chi connectivity index (χ2v) is 3.18. The highest BCUT2D eigenvalue weighted by Crippen LogP contribution is 2.07. The fourth-order valence-corrected chi connectivity index (χ4v) is 1.05. The van der Waals surface area contributed by atoms with E-state index < -0.39 is 36.3 Å². The first-order valence-corrected chi connectivity index (χ1v) is 4.34. The highest BCUT2D eigenvalue weighted by Gasteiger charge is 2.30. The number of hydrogen-bond donors (Lipinski definition) is 4. The molecule has 0 bridgehead atoms. The van der Waals surface area contributed by atoms with Crippen molar-refractivity contribution in [3.05, 3.63) is 0 Å². The maximum Gasteiger partial charge on any atom is 0.228 e. The maximum atomic E-state index is 11.4. The summed E-state index contributed by atoms with van der Waals surface area (Å²) in [6.07, 6.45) is 0.221. The molecule has 0 rings (SSSR count). The Bertz CT molecular complexity index is 256. The number of hydrogen-bond acceptors (Lipinski definition) is 6. The average Bonchev–Trinajstić information content (AvgIpc) is 2.22. The van der Waals surface area contributed by atoms with Crippen molar-refractivity contribution in [2.45, 2.75) is 18.5 Å². The van der Waals surface area contributed by atoms with Gasteiger partial charge in [0.25, 0.3) is 0 Å². The molecule has 1 amide bonds. The van der Waals surface area contributed by atoms with Crippen LogP contribution in [-0.2, 0) is 14.4 Å². The third kappa shape index (κ3) is 4.15. The summed E-state index contributed by atoms with van der Waals surface area (Å²) in [5.74, 6) is -2.84. The first-order chi connectivity index (χ1) is 6.93. The normalized spacial score (nSPS) is 16.5. The van der Waals surface area contributed by atoms with Crippen molar-refractivity contribution in [1.29, 1.82) is 0 Å². The Morgan fingerprint density at radius 3 is 2.20 bits per heavy atom. The first kappa shape index (κ1) is 13.7. The minimum Gasteiger partial charge on any atom is -0.394 e. The van der Waals surface area contributed by atoms with Gasteiger partial charge in [-0.2, -0.15) is 0 Å². The molecule has 3 atom stereocenters. The fraction of sp³-hybridized carbons (Fsp3) is 0.625. The lowest BCUT2D eigenvalue weighted by atomic mass is 9.92. The van der Waals surface area contributed by atoms with Gasteiger partial charge in [-0.15, -0.1) is 0 Å². The van der Waals surface area contributed by atoms with E-state index in [1.165, 1.54) is 0 Å². The third-order valence-electron chi connectivity index (χ3n) is 1.93. The average molecular weight is 217 g/mol. The zero-order valence-corrected chi connectivity index (χ0v) is 8.13. The van der Waals surface area contributed by atoms with Crippen molar-refractivity contribution in [2.75, 3.05) is 6.61 Å². The van der Waals surface area contributed by atoms with Gasteiger partial charge in [0.05, 0.1) is 24.6 Å². The summed E-state index contributed by atoms with van der Waals surface area (Å²) < 4.78 is 0. The highest BCUT2D eigenvalue weighted by atomic mass is 16.3. The number of aldehydes is 1. The van der Waals surface area contributed by atoms with E-state index in [1.54, 1.807) is 0 Å². The van der Waals surface area contributed by atoms with Crippen LogP contribution in [0.1, 0.15) is 6.42 Å². The SMILES string of the molecule is NC(=O)C(C[C@H](N)C=O)C(=O)[C@@H](N)CO. The van der Waals surface area contributed by atoms with Gasteiger partial charge >= 0.3 is 0 Å². The van der Waals surface area contributed by atoms with Crippen molar-refractivity contribution in [3.8, 4) is 0 Å². The summed E-state index contributed by atoms with van der Waals surface area (Å²) in [6.45, 7) is -0.584. The molecule has 0 saturated carbocycles. The van der Waals surface area contributed by atoms with Crippen LogP contribution >= 0.6 is 0 Å². The number of nitrogens with two attached hydrogens (primary N) is 3. The largest absolute Gasteiger partial charge is 0.394 e. The number of carbonyl (C=O) groups excluding carboxylic acids is 3. The van der Waals surface area contributed by atoms with Crippen molar-refractivity contribution < 1.29 is 19.5 Å². The van der Waals surface area contributed by atoms with Crippen LogP contribution in [0.2, 0.25) is 0 Å². The van der Waals surface area contributed by atoms with Crippen molar-refractivity contribution in [2.24, 2.45) is 23.1 Å². The van der Waals surface area contributed by atoms with Crippen LogP contribution < -0.4 is 17.2 Å². The van der Waals surface area contributed by atoms with Crippen LogP contribution in [0.25, 0.3) is 0 Å². The van der Waals surface area contributed by atoms with Gasteiger partial charge in [0.2, 0.25) is 5.91 Å². The van der Waals surface area contributed by atoms with Crippen LogP contribution in [0, 0.1) is 5.92 Å². The molecule has 0 aromatic rings. The summed E-state index contributed by atoms with van der Waals surface area (Å²) in [6, 6.07) is -2.13. The molecule has 0 radical (unpaired) electrons. The molecule has 0 fully saturated rings. The van der Waals surface area contributed by atoms with E-state index >= 15 is 0 Å². The van der Waals surface area contributed by atoms with E-state index in [4.69, 9.17) is 22.3 Å². The maximum absolute atomic E-state index is 11.4. The van der Waals surface area contributed by atoms with E-state index in [-0.39, 0.29) is 6.42 Å². The predicted molar refractivity (Wildman–Crippen MR) is 51.4 cm³/mol. The number of rotatable bonds is 7. The number of Topliss-reactive ketones (excluding diaryl/α,β-unsaturated/α-hetero) is 1. The highest BCUT2D eigenvalue weighted by molar-refractivity contribution is 6.03. The van der Waals surface area contributed by atoms with E-state index in [0.29, 0.717) is 6.29 Å².